The Morgan fingerprint density at radius 1 is 0.571 bits per heavy atom. The maximum absolute atomic E-state index is 3.74. The Labute approximate surface area is 239 Å². The molecule has 212 valence electrons. The van der Waals surface area contributed by atoms with Gasteiger partial charge in [0.1, 0.15) is 0 Å². The van der Waals surface area contributed by atoms with Gasteiger partial charge in [0.25, 0.3) is 0 Å². The van der Waals surface area contributed by atoms with Crippen LogP contribution in [-0.2, 0) is 10.8 Å². The molecule has 1 spiro atoms. The first-order valence-corrected chi connectivity index (χ1v) is 25.1. The number of hydrogen-bond acceptors (Lipinski definition) is 0. The average molecular weight is 607 g/mol. The van der Waals surface area contributed by atoms with Gasteiger partial charge in [0.2, 0.25) is 0 Å². The van der Waals surface area contributed by atoms with Crippen molar-refractivity contribution < 1.29 is 6.51 Å². The van der Waals surface area contributed by atoms with Crippen LogP contribution in [0.4, 0.5) is 0 Å². The Kier molecular flexibility index (Phi) is 1.72. The van der Waals surface area contributed by atoms with Crippen LogP contribution in [-0.4, -0.2) is 16.4 Å². The Hall–Kier alpha value is -1.91. The van der Waals surface area contributed by atoms with Gasteiger partial charge in [0.05, 0.1) is 0 Å². The topological polar surface area (TPSA) is 0 Å². The summed E-state index contributed by atoms with van der Waals surface area (Å²) < 4.78 is 1.75. The number of unbranched alkanes of at least 4 members (excludes halogenated alkanes) is 2. The van der Waals surface area contributed by atoms with Gasteiger partial charge in [0.15, 0.2) is 0 Å². The Balaban J connectivity index is 1.08. The van der Waals surface area contributed by atoms with Crippen LogP contribution >= 0.6 is 7.92 Å². The van der Waals surface area contributed by atoms with Gasteiger partial charge >= 0.3 is 241 Å². The molecule has 10 aliphatic heterocycles. The molecule has 0 nitrogen and oxygen atoms in total. The molecule has 0 N–H and O–H groups in total. The zero-order valence-electron chi connectivity index (χ0n) is 24.7. The number of benzene rings is 5. The van der Waals surface area contributed by atoms with Crippen molar-refractivity contribution >= 4 is 51.0 Å². The molecule has 2 heteroatoms. The number of fused-ring (bicyclic) bond motifs is 15. The molecule has 10 heterocycles. The van der Waals surface area contributed by atoms with Crippen molar-refractivity contribution in [3.05, 3.63) is 84.4 Å². The number of hydrogen-bond donors (Lipinski definition) is 0. The van der Waals surface area contributed by atoms with Gasteiger partial charge < -0.3 is 0 Å². The molecule has 8 unspecified atom stereocenters. The van der Waals surface area contributed by atoms with Crippen molar-refractivity contribution in [3.8, 4) is 0 Å². The summed E-state index contributed by atoms with van der Waals surface area (Å²) in [5.74, 6) is 0. The van der Waals surface area contributed by atoms with Gasteiger partial charge in [-0.05, 0) is 0 Å². The molecule has 10 saturated heterocycles. The molecule has 0 bridgehead atoms. The van der Waals surface area contributed by atoms with Crippen LogP contribution in [0.3, 0.4) is 0 Å². The zero-order chi connectivity index (χ0) is 27.1. The molecule has 0 aromatic heterocycles. The van der Waals surface area contributed by atoms with E-state index in [0.717, 1.165) is 8.37 Å². The molecular weight excluding hydrogens is 567 g/mol. The predicted octanol–water partition coefficient (Wildman–Crippen LogP) is 12.1. The molecule has 15 rings (SSSR count). The summed E-state index contributed by atoms with van der Waals surface area (Å²) in [5, 5.41) is 12.1. The molecule has 42 heavy (non-hydrogen) atoms. The van der Waals surface area contributed by atoms with Gasteiger partial charge in [-0.15, -0.1) is 0 Å². The minimum atomic E-state index is -3.74. The van der Waals surface area contributed by atoms with E-state index in [2.05, 4.69) is 92.7 Å². The van der Waals surface area contributed by atoms with Crippen molar-refractivity contribution in [1.82, 2.24) is 0 Å². The molecule has 0 amide bonds. The van der Waals surface area contributed by atoms with Gasteiger partial charge in [-0.2, -0.15) is 0 Å². The van der Waals surface area contributed by atoms with Crippen molar-refractivity contribution in [2.75, 3.05) is 12.3 Å². The summed E-state index contributed by atoms with van der Waals surface area (Å²) in [7, 11) is 0.253. The van der Waals surface area contributed by atoms with Gasteiger partial charge in [0, 0.05) is 0 Å². The summed E-state index contributed by atoms with van der Waals surface area (Å²) >= 11 is 0. The SMILES string of the molecule is CCCCP(CCCC)[C]12[CH]3[CH]4[CH]5[CH]1[Fe]45321678[CH]2[CH]1[CH]6[C]7(c1c3ccccc3cc3c1ccc1cc4ccccc4cc13)[CH]28. The molecule has 10 aliphatic rings. The first-order valence-electron chi connectivity index (χ1n) is 17.2. The molecule has 10 fully saturated rings. The zero-order valence-corrected chi connectivity index (χ0v) is 26.7. The Morgan fingerprint density at radius 2 is 1.14 bits per heavy atom. The first-order chi connectivity index (χ1) is 20.5. The van der Waals surface area contributed by atoms with Crippen LogP contribution in [0.25, 0.3) is 43.1 Å². The second-order valence-electron chi connectivity index (χ2n) is 18.5. The third-order valence-electron chi connectivity index (χ3n) is 21.9. The molecule has 5 aromatic rings. The summed E-state index contributed by atoms with van der Waals surface area (Å²) in [6, 6.07) is 31.5. The van der Waals surface area contributed by atoms with Gasteiger partial charge in [-0.1, -0.05) is 0 Å². The van der Waals surface area contributed by atoms with Crippen LogP contribution in [0.2, 0.25) is 38.5 Å². The number of rotatable bonds is 8. The first kappa shape index (κ1) is 20.9. The van der Waals surface area contributed by atoms with E-state index in [1.54, 1.807) is 28.5 Å². The van der Waals surface area contributed by atoms with Crippen LogP contribution in [0, 0.1) is 0 Å². The molecule has 0 radical (unpaired) electrons. The van der Waals surface area contributed by atoms with Crippen LogP contribution in [0.15, 0.2) is 78.9 Å². The van der Waals surface area contributed by atoms with E-state index in [1.807, 2.05) is 5.56 Å². The van der Waals surface area contributed by atoms with E-state index in [9.17, 15) is 0 Å². The van der Waals surface area contributed by atoms with E-state index in [4.69, 9.17) is 0 Å². The fraction of sp³-hybridized carbons (Fsp3) is 0.450. The summed E-state index contributed by atoms with van der Waals surface area (Å²) in [5.41, 5.74) is 1.97. The Bertz CT molecular complexity index is 2630. The third-order valence-corrected chi connectivity index (χ3v) is 72.2. The molecule has 5 aromatic carbocycles. The average Bonchev–Trinajstić information content (AvgIpc) is 3.98. The summed E-state index contributed by atoms with van der Waals surface area (Å²) in [6.45, 7) is 1.19. The van der Waals surface area contributed by atoms with Crippen molar-refractivity contribution in [2.24, 2.45) is 0 Å². The van der Waals surface area contributed by atoms with Crippen LogP contribution in [0.1, 0.15) is 45.1 Å². The second-order valence-corrected chi connectivity index (χ2v) is 44.8. The second kappa shape index (κ2) is 3.46. The fourth-order valence-corrected chi connectivity index (χ4v) is 116. The summed E-state index contributed by atoms with van der Waals surface area (Å²) in [6.07, 6.45) is 9.16. The molecular formula is C40H39FeP. The van der Waals surface area contributed by atoms with Crippen molar-refractivity contribution in [3.63, 3.8) is 0 Å². The van der Waals surface area contributed by atoms with Gasteiger partial charge in [-0.3, -0.25) is 0 Å². The molecule has 8 atom stereocenters. The fourth-order valence-electron chi connectivity index (χ4n) is 23.1. The normalized spacial score (nSPS) is 57.6. The van der Waals surface area contributed by atoms with Crippen molar-refractivity contribution in [2.45, 2.75) is 86.4 Å². The maximum atomic E-state index is 2.63. The minimum absolute atomic E-state index is 0.253. The predicted molar refractivity (Wildman–Crippen MR) is 177 cm³/mol. The van der Waals surface area contributed by atoms with E-state index >= 15 is 0 Å². The Morgan fingerprint density at radius 3 is 1.79 bits per heavy atom. The quantitative estimate of drug-likeness (QED) is 0.0714. The molecule has 0 aliphatic carbocycles. The van der Waals surface area contributed by atoms with E-state index in [0.29, 0.717) is 0 Å². The van der Waals surface area contributed by atoms with E-state index in [1.165, 1.54) is 91.1 Å². The molecule has 0 saturated carbocycles. The van der Waals surface area contributed by atoms with Crippen molar-refractivity contribution in [1.29, 1.82) is 0 Å². The van der Waals surface area contributed by atoms with Gasteiger partial charge in [-0.25, -0.2) is 0 Å². The van der Waals surface area contributed by atoms with E-state index < -0.39 is 6.51 Å². The standard InChI is InChI=1S/C27H17.C13H22P.Fe/c1-2-8-18(7-1)27-23-12-6-5-11-21(23)17-26-24(27)14-13-22-15-19-9-3-4-10-20(19)16-25(22)26;1-3-5-11-14(12-6-4-2)13-9-7-8-10-13;/h1-17H;7-10H,3-6,11-12H2,1-2H3;. The van der Waals surface area contributed by atoms with Crippen LogP contribution in [0.5, 0.6) is 0 Å². The van der Waals surface area contributed by atoms with Crippen LogP contribution < -0.4 is 0 Å². The summed E-state index contributed by atoms with van der Waals surface area (Å²) in [4.78, 5) is 10.6. The monoisotopic (exact) mass is 606 g/mol. The van der Waals surface area contributed by atoms with E-state index in [-0.39, 0.29) is 7.92 Å². The third kappa shape index (κ3) is 0.570.